The molecule has 1 amide bonds. The fourth-order valence-corrected chi connectivity index (χ4v) is 2.54. The van der Waals surface area contributed by atoms with Crippen LogP contribution >= 0.6 is 0 Å². The topological polar surface area (TPSA) is 68.9 Å². The normalized spacial score (nSPS) is 14.8. The van der Waals surface area contributed by atoms with Gasteiger partial charge in [0.25, 0.3) is 0 Å². The summed E-state index contributed by atoms with van der Waals surface area (Å²) in [5, 5.41) is 9.40. The van der Waals surface area contributed by atoms with Crippen LogP contribution in [0, 0.1) is 11.3 Å². The molecule has 6 nitrogen and oxygen atoms in total. The summed E-state index contributed by atoms with van der Waals surface area (Å²) in [6.45, 7) is 6.69. The van der Waals surface area contributed by atoms with Gasteiger partial charge in [0.05, 0.1) is 17.6 Å². The highest BCUT2D eigenvalue weighted by molar-refractivity contribution is 5.75. The molecule has 0 atom stereocenters. The molecule has 0 spiro atoms. The minimum Gasteiger partial charge on any atom is -0.444 e. The lowest BCUT2D eigenvalue weighted by Gasteiger charge is -2.29. The number of rotatable bonds is 3. The molecule has 1 heterocycles. The summed E-state index contributed by atoms with van der Waals surface area (Å²) in [6.07, 6.45) is 4.13. The van der Waals surface area contributed by atoms with E-state index in [1.54, 1.807) is 11.2 Å². The van der Waals surface area contributed by atoms with Crippen LogP contribution < -0.4 is 0 Å². The van der Waals surface area contributed by atoms with E-state index in [0.717, 1.165) is 17.6 Å². The molecular weight excluding hydrogens is 328 g/mol. The van der Waals surface area contributed by atoms with Gasteiger partial charge in [-0.05, 0) is 50.5 Å². The SMILES string of the molecule is CN(C)C=Nc1ccc(C2=CCN(C(=O)OC(C)(C)C)CC2)cc1C#N. The summed E-state index contributed by atoms with van der Waals surface area (Å²) >= 11 is 0. The minimum atomic E-state index is -0.494. The largest absolute Gasteiger partial charge is 0.444 e. The van der Waals surface area contributed by atoms with Crippen LogP contribution in [0.15, 0.2) is 29.3 Å². The molecule has 6 heteroatoms. The Balaban J connectivity index is 2.13. The fraction of sp³-hybridized carbons (Fsp3) is 0.450. The maximum Gasteiger partial charge on any atom is 0.410 e. The summed E-state index contributed by atoms with van der Waals surface area (Å²) in [5.41, 5.74) is 2.82. The third-order valence-electron chi connectivity index (χ3n) is 3.78. The lowest BCUT2D eigenvalue weighted by molar-refractivity contribution is 0.0270. The van der Waals surface area contributed by atoms with Gasteiger partial charge in [-0.2, -0.15) is 5.26 Å². The van der Waals surface area contributed by atoms with E-state index in [0.29, 0.717) is 24.3 Å². The van der Waals surface area contributed by atoms with Gasteiger partial charge in [0.15, 0.2) is 0 Å². The minimum absolute atomic E-state index is 0.293. The van der Waals surface area contributed by atoms with Crippen molar-refractivity contribution in [2.24, 2.45) is 4.99 Å². The van der Waals surface area contributed by atoms with E-state index in [-0.39, 0.29) is 6.09 Å². The average Bonchev–Trinajstić information content (AvgIpc) is 2.58. The van der Waals surface area contributed by atoms with E-state index >= 15 is 0 Å². The van der Waals surface area contributed by atoms with E-state index in [1.807, 2.05) is 64.0 Å². The summed E-state index contributed by atoms with van der Waals surface area (Å²) in [4.78, 5) is 20.0. The van der Waals surface area contributed by atoms with E-state index in [4.69, 9.17) is 4.74 Å². The van der Waals surface area contributed by atoms with Crippen LogP contribution in [0.4, 0.5) is 10.5 Å². The molecule has 0 bridgehead atoms. The molecule has 2 rings (SSSR count). The molecule has 0 aliphatic carbocycles. The van der Waals surface area contributed by atoms with Crippen molar-refractivity contribution in [3.05, 3.63) is 35.4 Å². The van der Waals surface area contributed by atoms with Gasteiger partial charge in [0, 0.05) is 27.2 Å². The summed E-state index contributed by atoms with van der Waals surface area (Å²) in [6, 6.07) is 7.89. The number of carbonyl (C=O) groups is 1. The first-order valence-corrected chi connectivity index (χ1v) is 8.61. The lowest BCUT2D eigenvalue weighted by Crippen LogP contribution is -2.39. The van der Waals surface area contributed by atoms with Gasteiger partial charge < -0.3 is 14.5 Å². The molecule has 0 fully saturated rings. The van der Waals surface area contributed by atoms with Crippen molar-refractivity contribution in [1.82, 2.24) is 9.80 Å². The molecule has 0 aromatic heterocycles. The van der Waals surface area contributed by atoms with Crippen molar-refractivity contribution >= 4 is 23.7 Å². The first kappa shape index (κ1) is 19.5. The molecule has 0 unspecified atom stereocenters. The smallest absolute Gasteiger partial charge is 0.410 e. The zero-order valence-electron chi connectivity index (χ0n) is 16.1. The second kappa shape index (κ2) is 8.05. The maximum atomic E-state index is 12.1. The van der Waals surface area contributed by atoms with E-state index in [9.17, 15) is 10.1 Å². The van der Waals surface area contributed by atoms with Crippen molar-refractivity contribution in [2.75, 3.05) is 27.2 Å². The molecule has 1 aromatic rings. The Hall–Kier alpha value is -2.81. The van der Waals surface area contributed by atoms with Gasteiger partial charge in [-0.15, -0.1) is 0 Å². The average molecular weight is 354 g/mol. The van der Waals surface area contributed by atoms with E-state index in [2.05, 4.69) is 11.1 Å². The number of hydrogen-bond acceptors (Lipinski definition) is 4. The van der Waals surface area contributed by atoms with Crippen molar-refractivity contribution in [1.29, 1.82) is 5.26 Å². The predicted octanol–water partition coefficient (Wildman–Crippen LogP) is 3.80. The maximum absolute atomic E-state index is 12.1. The van der Waals surface area contributed by atoms with Gasteiger partial charge in [0.2, 0.25) is 0 Å². The van der Waals surface area contributed by atoms with Gasteiger partial charge in [0.1, 0.15) is 11.7 Å². The number of amides is 1. The molecular formula is C20H26N4O2. The van der Waals surface area contributed by atoms with Crippen LogP contribution in [-0.2, 0) is 4.74 Å². The number of carbonyl (C=O) groups excluding carboxylic acids is 1. The van der Waals surface area contributed by atoms with Crippen molar-refractivity contribution in [3.8, 4) is 6.07 Å². The molecule has 1 aromatic carbocycles. The van der Waals surface area contributed by atoms with Crippen LogP contribution in [0.2, 0.25) is 0 Å². The summed E-state index contributed by atoms with van der Waals surface area (Å²) < 4.78 is 5.41. The third-order valence-corrected chi connectivity index (χ3v) is 3.78. The van der Waals surface area contributed by atoms with Crippen molar-refractivity contribution < 1.29 is 9.53 Å². The zero-order chi connectivity index (χ0) is 19.3. The molecule has 0 saturated carbocycles. The standard InChI is InChI=1S/C20H26N4O2/c1-20(2,3)26-19(25)24-10-8-15(9-11-24)16-6-7-18(17(12-16)13-21)22-14-23(4)5/h6-8,12,14H,9-11H2,1-5H3. The van der Waals surface area contributed by atoms with Gasteiger partial charge in [-0.1, -0.05) is 12.1 Å². The molecule has 1 aliphatic rings. The number of nitriles is 1. The second-order valence-electron chi connectivity index (χ2n) is 7.46. The molecule has 0 saturated heterocycles. The molecule has 0 N–H and O–H groups in total. The number of nitrogens with zero attached hydrogens (tertiary/aromatic N) is 4. The highest BCUT2D eigenvalue weighted by Crippen LogP contribution is 2.28. The van der Waals surface area contributed by atoms with Crippen LogP contribution in [0.5, 0.6) is 0 Å². The van der Waals surface area contributed by atoms with Gasteiger partial charge in [-0.25, -0.2) is 9.79 Å². The Morgan fingerprint density at radius 1 is 1.38 bits per heavy atom. The number of benzene rings is 1. The Labute approximate surface area is 155 Å². The van der Waals surface area contributed by atoms with E-state index in [1.165, 1.54) is 0 Å². The Bertz CT molecular complexity index is 767. The van der Waals surface area contributed by atoms with E-state index < -0.39 is 5.60 Å². The first-order chi connectivity index (χ1) is 12.2. The number of ether oxygens (including phenoxy) is 1. The highest BCUT2D eigenvalue weighted by atomic mass is 16.6. The van der Waals surface area contributed by atoms with Crippen LogP contribution in [0.1, 0.15) is 38.3 Å². The Morgan fingerprint density at radius 3 is 2.65 bits per heavy atom. The predicted molar refractivity (Wildman–Crippen MR) is 103 cm³/mol. The Kier molecular flexibility index (Phi) is 6.04. The van der Waals surface area contributed by atoms with Gasteiger partial charge >= 0.3 is 6.09 Å². The Morgan fingerprint density at radius 2 is 2.12 bits per heavy atom. The zero-order valence-corrected chi connectivity index (χ0v) is 16.1. The van der Waals surface area contributed by atoms with Crippen LogP contribution in [0.3, 0.4) is 0 Å². The lowest BCUT2D eigenvalue weighted by atomic mass is 9.97. The quantitative estimate of drug-likeness (QED) is 0.611. The number of hydrogen-bond donors (Lipinski definition) is 0. The van der Waals surface area contributed by atoms with Crippen LogP contribution in [0.25, 0.3) is 5.57 Å². The molecule has 138 valence electrons. The molecule has 0 radical (unpaired) electrons. The number of aliphatic imine (C=N–C) groups is 1. The third kappa shape index (κ3) is 5.35. The monoisotopic (exact) mass is 354 g/mol. The highest BCUT2D eigenvalue weighted by Gasteiger charge is 2.24. The molecule has 26 heavy (non-hydrogen) atoms. The van der Waals surface area contributed by atoms with Crippen molar-refractivity contribution in [3.63, 3.8) is 0 Å². The summed E-state index contributed by atoms with van der Waals surface area (Å²) in [5.74, 6) is 0. The molecule has 1 aliphatic heterocycles. The van der Waals surface area contributed by atoms with Crippen LogP contribution in [-0.4, -0.2) is 55.0 Å². The van der Waals surface area contributed by atoms with Crippen molar-refractivity contribution in [2.45, 2.75) is 32.8 Å². The summed E-state index contributed by atoms with van der Waals surface area (Å²) in [7, 11) is 3.76. The fourth-order valence-electron chi connectivity index (χ4n) is 2.54. The first-order valence-electron chi connectivity index (χ1n) is 8.61. The second-order valence-corrected chi connectivity index (χ2v) is 7.46. The van der Waals surface area contributed by atoms with Gasteiger partial charge in [-0.3, -0.25) is 0 Å².